The first-order valence-electron chi connectivity index (χ1n) is 8.57. The number of thiocarbonyl (C=S) groups is 1. The number of nitrogens with one attached hydrogen (secondary N) is 3. The molecule has 0 aliphatic heterocycles. The Morgan fingerprint density at radius 3 is 2.59 bits per heavy atom. The van der Waals surface area contributed by atoms with Gasteiger partial charge in [0, 0.05) is 15.1 Å². The highest BCUT2D eigenvalue weighted by molar-refractivity contribution is 7.80. The van der Waals surface area contributed by atoms with Crippen LogP contribution in [0.3, 0.4) is 0 Å². The van der Waals surface area contributed by atoms with Gasteiger partial charge in [-0.05, 0) is 62.9 Å². The lowest BCUT2D eigenvalue weighted by molar-refractivity contribution is 0.0600. The third-order valence-electron chi connectivity index (χ3n) is 4.61. The Kier molecular flexibility index (Phi) is 6.13. The number of hydrogen-bond donors (Lipinski definition) is 3. The summed E-state index contributed by atoms with van der Waals surface area (Å²) in [6, 6.07) is 0. The number of esters is 1. The van der Waals surface area contributed by atoms with E-state index in [1.165, 1.54) is 34.7 Å². The van der Waals surface area contributed by atoms with E-state index in [4.69, 9.17) is 17.0 Å². The molecule has 3 rings (SSSR count). The maximum atomic E-state index is 12.3. The van der Waals surface area contributed by atoms with E-state index in [1.807, 2.05) is 19.2 Å². The summed E-state index contributed by atoms with van der Waals surface area (Å²) in [4.78, 5) is 26.8. The highest BCUT2D eigenvalue weighted by Gasteiger charge is 2.26. The predicted molar refractivity (Wildman–Crippen MR) is 113 cm³/mol. The van der Waals surface area contributed by atoms with Crippen LogP contribution in [0.5, 0.6) is 0 Å². The zero-order valence-electron chi connectivity index (χ0n) is 15.4. The van der Waals surface area contributed by atoms with Crippen molar-refractivity contribution < 1.29 is 14.3 Å². The minimum atomic E-state index is -0.367. The molecule has 0 aromatic carbocycles. The van der Waals surface area contributed by atoms with Crippen LogP contribution in [0.15, 0.2) is 5.38 Å². The predicted octanol–water partition coefficient (Wildman–Crippen LogP) is 3.72. The van der Waals surface area contributed by atoms with Gasteiger partial charge in [0.05, 0.1) is 18.2 Å². The lowest BCUT2D eigenvalue weighted by Gasteiger charge is -2.13. The van der Waals surface area contributed by atoms with Gasteiger partial charge in [-0.1, -0.05) is 0 Å². The molecule has 0 bridgehead atoms. The van der Waals surface area contributed by atoms with E-state index in [0.717, 1.165) is 41.7 Å². The largest absolute Gasteiger partial charge is 0.465 e. The van der Waals surface area contributed by atoms with Gasteiger partial charge in [-0.3, -0.25) is 15.6 Å². The molecule has 2 aromatic rings. The summed E-state index contributed by atoms with van der Waals surface area (Å²) in [5.74, 6) is -0.618. The van der Waals surface area contributed by atoms with E-state index in [9.17, 15) is 9.59 Å². The normalized spacial score (nSPS) is 12.9. The molecule has 1 aliphatic rings. The second-order valence-corrected chi connectivity index (χ2v) is 8.87. The van der Waals surface area contributed by atoms with Crippen molar-refractivity contribution in [1.82, 2.24) is 10.9 Å². The molecule has 0 atom stereocenters. The topological polar surface area (TPSA) is 79.5 Å². The molecule has 0 spiro atoms. The van der Waals surface area contributed by atoms with Crippen molar-refractivity contribution in [2.24, 2.45) is 0 Å². The molecule has 9 heteroatoms. The maximum absolute atomic E-state index is 12.3. The van der Waals surface area contributed by atoms with Crippen molar-refractivity contribution in [2.75, 3.05) is 12.4 Å². The standard InChI is InChI=1S/C18H21N3O3S3/c1-9-10(2)26-8-12(9)15(22)20-21-18(25)19-16-14(17(23)24-3)11-6-4-5-7-13(11)27-16/h8H,4-7H2,1-3H3,(H,20,22)(H2,19,21,25). The second kappa shape index (κ2) is 8.37. The number of carbonyl (C=O) groups is 2. The van der Waals surface area contributed by atoms with Gasteiger partial charge in [-0.15, -0.1) is 22.7 Å². The van der Waals surface area contributed by atoms with Crippen LogP contribution in [-0.2, 0) is 17.6 Å². The number of ether oxygens (including phenoxy) is 1. The average molecular weight is 424 g/mol. The molecule has 0 saturated heterocycles. The fraction of sp³-hybridized carbons (Fsp3) is 0.389. The monoisotopic (exact) mass is 423 g/mol. The van der Waals surface area contributed by atoms with Crippen LogP contribution in [-0.4, -0.2) is 24.1 Å². The molecule has 2 heterocycles. The van der Waals surface area contributed by atoms with Crippen LogP contribution in [0.25, 0.3) is 0 Å². The molecule has 6 nitrogen and oxygen atoms in total. The summed E-state index contributed by atoms with van der Waals surface area (Å²) in [7, 11) is 1.38. The number of thiophene rings is 2. The molecule has 1 aliphatic carbocycles. The molecule has 144 valence electrons. The average Bonchev–Trinajstić information content (AvgIpc) is 3.19. The molecular formula is C18H21N3O3S3. The number of fused-ring (bicyclic) bond motifs is 1. The highest BCUT2D eigenvalue weighted by Crippen LogP contribution is 2.38. The van der Waals surface area contributed by atoms with Crippen molar-refractivity contribution in [2.45, 2.75) is 39.5 Å². The number of amides is 1. The molecule has 2 aromatic heterocycles. The number of anilines is 1. The van der Waals surface area contributed by atoms with Crippen LogP contribution in [0.2, 0.25) is 0 Å². The fourth-order valence-corrected chi connectivity index (χ4v) is 5.39. The van der Waals surface area contributed by atoms with Crippen molar-refractivity contribution in [3.8, 4) is 0 Å². The van der Waals surface area contributed by atoms with E-state index in [2.05, 4.69) is 16.2 Å². The first kappa shape index (κ1) is 19.8. The van der Waals surface area contributed by atoms with Crippen LogP contribution < -0.4 is 16.2 Å². The van der Waals surface area contributed by atoms with E-state index in [1.54, 1.807) is 0 Å². The molecule has 0 radical (unpaired) electrons. The van der Waals surface area contributed by atoms with Gasteiger partial charge in [0.1, 0.15) is 5.00 Å². The van der Waals surface area contributed by atoms with Crippen molar-refractivity contribution >= 4 is 56.9 Å². The Bertz CT molecular complexity index is 901. The fourth-order valence-electron chi connectivity index (χ4n) is 3.02. The van der Waals surface area contributed by atoms with Gasteiger partial charge in [-0.2, -0.15) is 0 Å². The van der Waals surface area contributed by atoms with Crippen molar-refractivity contribution in [1.29, 1.82) is 0 Å². The zero-order chi connectivity index (χ0) is 19.6. The molecule has 0 fully saturated rings. The lowest BCUT2D eigenvalue weighted by Crippen LogP contribution is -2.43. The number of methoxy groups -OCH3 is 1. The van der Waals surface area contributed by atoms with E-state index in [-0.39, 0.29) is 17.0 Å². The summed E-state index contributed by atoms with van der Waals surface area (Å²) in [6.07, 6.45) is 4.00. The number of hydrogen-bond acceptors (Lipinski definition) is 6. The summed E-state index contributed by atoms with van der Waals surface area (Å²) in [5.41, 5.74) is 8.49. The number of hydrazine groups is 1. The van der Waals surface area contributed by atoms with E-state index in [0.29, 0.717) is 16.1 Å². The molecule has 0 unspecified atom stereocenters. The third kappa shape index (κ3) is 4.15. The third-order valence-corrected chi connectivity index (χ3v) is 7.03. The smallest absolute Gasteiger partial charge is 0.341 e. The summed E-state index contributed by atoms with van der Waals surface area (Å²) in [6.45, 7) is 3.89. The van der Waals surface area contributed by atoms with Gasteiger partial charge >= 0.3 is 5.97 Å². The van der Waals surface area contributed by atoms with Gasteiger partial charge < -0.3 is 10.1 Å². The summed E-state index contributed by atoms with van der Waals surface area (Å²) < 4.78 is 4.95. The number of carbonyl (C=O) groups excluding carboxylic acids is 2. The Hall–Kier alpha value is -1.97. The minimum absolute atomic E-state index is 0.219. The first-order chi connectivity index (χ1) is 12.9. The van der Waals surface area contributed by atoms with Crippen molar-refractivity contribution in [3.63, 3.8) is 0 Å². The van der Waals surface area contributed by atoms with E-state index >= 15 is 0 Å². The second-order valence-electron chi connectivity index (χ2n) is 6.27. The highest BCUT2D eigenvalue weighted by atomic mass is 32.1. The zero-order valence-corrected chi connectivity index (χ0v) is 17.8. The molecule has 3 N–H and O–H groups in total. The van der Waals surface area contributed by atoms with Crippen LogP contribution in [0.1, 0.15) is 54.4 Å². The number of rotatable bonds is 3. The summed E-state index contributed by atoms with van der Waals surface area (Å²) >= 11 is 8.34. The van der Waals surface area contributed by atoms with Crippen LogP contribution in [0.4, 0.5) is 5.00 Å². The Labute approximate surface area is 171 Å². The molecule has 0 saturated carbocycles. The van der Waals surface area contributed by atoms with Crippen LogP contribution in [0, 0.1) is 13.8 Å². The Balaban J connectivity index is 1.69. The quantitative estimate of drug-likeness (QED) is 0.397. The lowest BCUT2D eigenvalue weighted by atomic mass is 9.95. The minimum Gasteiger partial charge on any atom is -0.465 e. The maximum Gasteiger partial charge on any atom is 0.341 e. The SMILES string of the molecule is COC(=O)c1c(NC(=S)NNC(=O)c2csc(C)c2C)sc2c1CCCC2. The molecule has 1 amide bonds. The first-order valence-corrected chi connectivity index (χ1v) is 10.7. The van der Waals surface area contributed by atoms with E-state index < -0.39 is 0 Å². The van der Waals surface area contributed by atoms with Crippen LogP contribution >= 0.6 is 34.9 Å². The molecule has 27 heavy (non-hydrogen) atoms. The van der Waals surface area contributed by atoms with Gasteiger partial charge in [-0.25, -0.2) is 4.79 Å². The summed E-state index contributed by atoms with van der Waals surface area (Å²) in [5, 5.41) is 5.73. The van der Waals surface area contributed by atoms with Crippen molar-refractivity contribution in [3.05, 3.63) is 37.4 Å². The molecular weight excluding hydrogens is 402 g/mol. The Morgan fingerprint density at radius 1 is 1.19 bits per heavy atom. The number of aryl methyl sites for hydroxylation is 2. The van der Waals surface area contributed by atoms with Gasteiger partial charge in [0.25, 0.3) is 5.91 Å². The van der Waals surface area contributed by atoms with Gasteiger partial charge in [0.15, 0.2) is 5.11 Å². The Morgan fingerprint density at radius 2 is 1.93 bits per heavy atom. The van der Waals surface area contributed by atoms with Gasteiger partial charge in [0.2, 0.25) is 0 Å².